The molecule has 8 nitrogen and oxygen atoms in total. The van der Waals surface area contributed by atoms with Gasteiger partial charge in [0.15, 0.2) is 11.5 Å². The zero-order valence-corrected chi connectivity index (χ0v) is 16.4. The molecule has 4 rings (SSSR count). The molecule has 4 N–H and O–H groups in total. The van der Waals surface area contributed by atoms with Gasteiger partial charge in [-0.25, -0.2) is 9.97 Å². The molecule has 0 saturated heterocycles. The van der Waals surface area contributed by atoms with Gasteiger partial charge in [-0.1, -0.05) is 18.1 Å². The van der Waals surface area contributed by atoms with Crippen LogP contribution in [-0.4, -0.2) is 56.3 Å². The van der Waals surface area contributed by atoms with E-state index in [1.807, 2.05) is 16.5 Å². The number of rotatable bonds is 7. The first-order chi connectivity index (χ1) is 14.7. The minimum atomic E-state index is -0.256. The number of aliphatic hydroxyl groups is 2. The van der Waals surface area contributed by atoms with Gasteiger partial charge in [-0.15, -0.1) is 0 Å². The Hall–Kier alpha value is -3.41. The molecule has 0 aliphatic heterocycles. The number of carbonyl (C=O) groups is 1. The molecular formula is C22H23N5O3. The SMILES string of the molecule is O=C(NC1CC1)c1ccc(-c2cnc3c(NCCCO)nc(C#CCO)cn23)cc1. The number of nitrogens with zero attached hydrogens (tertiary/aromatic N) is 3. The first kappa shape index (κ1) is 19.9. The number of amides is 1. The Morgan fingerprint density at radius 1 is 1.23 bits per heavy atom. The molecule has 154 valence electrons. The van der Waals surface area contributed by atoms with Gasteiger partial charge in [0.1, 0.15) is 12.3 Å². The van der Waals surface area contributed by atoms with Crippen molar-refractivity contribution in [2.75, 3.05) is 25.1 Å². The van der Waals surface area contributed by atoms with E-state index in [0.29, 0.717) is 41.7 Å². The van der Waals surface area contributed by atoms with Crippen LogP contribution in [0.2, 0.25) is 0 Å². The van der Waals surface area contributed by atoms with Crippen LogP contribution in [0.15, 0.2) is 36.7 Å². The maximum Gasteiger partial charge on any atom is 0.251 e. The summed E-state index contributed by atoms with van der Waals surface area (Å²) < 4.78 is 1.88. The highest BCUT2D eigenvalue weighted by Gasteiger charge is 2.23. The van der Waals surface area contributed by atoms with Gasteiger partial charge < -0.3 is 20.8 Å². The molecule has 0 bridgehead atoms. The van der Waals surface area contributed by atoms with Gasteiger partial charge in [0.05, 0.1) is 11.9 Å². The van der Waals surface area contributed by atoms with E-state index in [1.165, 1.54) is 0 Å². The summed E-state index contributed by atoms with van der Waals surface area (Å²) in [7, 11) is 0. The number of fused-ring (bicyclic) bond motifs is 1. The third kappa shape index (κ3) is 4.43. The molecule has 1 aliphatic carbocycles. The van der Waals surface area contributed by atoms with Gasteiger partial charge >= 0.3 is 0 Å². The Morgan fingerprint density at radius 3 is 2.73 bits per heavy atom. The molecule has 2 heterocycles. The molecule has 1 aliphatic rings. The second-order valence-corrected chi connectivity index (χ2v) is 7.10. The number of aliphatic hydroxyl groups excluding tert-OH is 2. The van der Waals surface area contributed by atoms with E-state index in [-0.39, 0.29) is 19.1 Å². The lowest BCUT2D eigenvalue weighted by atomic mass is 10.1. The summed E-state index contributed by atoms with van der Waals surface area (Å²) in [5, 5.41) is 24.2. The Morgan fingerprint density at radius 2 is 2.03 bits per heavy atom. The van der Waals surface area contributed by atoms with Gasteiger partial charge in [0.25, 0.3) is 5.91 Å². The second kappa shape index (κ2) is 8.95. The van der Waals surface area contributed by atoms with Crippen molar-refractivity contribution in [2.45, 2.75) is 25.3 Å². The van der Waals surface area contributed by atoms with E-state index in [9.17, 15) is 4.79 Å². The van der Waals surface area contributed by atoms with Crippen molar-refractivity contribution < 1.29 is 15.0 Å². The Kier molecular flexibility index (Phi) is 5.93. The van der Waals surface area contributed by atoms with Gasteiger partial charge in [-0.2, -0.15) is 0 Å². The average molecular weight is 405 g/mol. The lowest BCUT2D eigenvalue weighted by Crippen LogP contribution is -2.25. The number of anilines is 1. The highest BCUT2D eigenvalue weighted by molar-refractivity contribution is 5.95. The van der Waals surface area contributed by atoms with E-state index in [1.54, 1.807) is 24.5 Å². The largest absolute Gasteiger partial charge is 0.396 e. The van der Waals surface area contributed by atoms with E-state index in [0.717, 1.165) is 24.1 Å². The molecule has 8 heteroatoms. The minimum absolute atomic E-state index is 0.0525. The van der Waals surface area contributed by atoms with E-state index < -0.39 is 0 Å². The third-order valence-corrected chi connectivity index (χ3v) is 4.77. The van der Waals surface area contributed by atoms with Gasteiger partial charge in [0.2, 0.25) is 0 Å². The molecule has 1 aromatic carbocycles. The van der Waals surface area contributed by atoms with E-state index in [2.05, 4.69) is 32.4 Å². The lowest BCUT2D eigenvalue weighted by molar-refractivity contribution is 0.0951. The lowest BCUT2D eigenvalue weighted by Gasteiger charge is -2.09. The summed E-state index contributed by atoms with van der Waals surface area (Å²) in [5.41, 5.74) is 3.48. The maximum absolute atomic E-state index is 12.2. The molecular weight excluding hydrogens is 382 g/mol. The monoisotopic (exact) mass is 405 g/mol. The standard InChI is InChI=1S/C22H23N5O3/c28-11-1-3-18-14-27-19(13-24-21(27)20(25-18)23-10-2-12-29)15-4-6-16(7-5-15)22(30)26-17-8-9-17/h4-7,13-14,17,28-29H,2,8-12H2,(H,23,25)(H,26,30). The van der Waals surface area contributed by atoms with Crippen LogP contribution in [0.4, 0.5) is 5.82 Å². The number of benzene rings is 1. The van der Waals surface area contributed by atoms with Crippen molar-refractivity contribution in [3.8, 4) is 23.1 Å². The fraction of sp³-hybridized carbons (Fsp3) is 0.318. The predicted molar refractivity (Wildman–Crippen MR) is 113 cm³/mol. The molecule has 0 atom stereocenters. The molecule has 0 spiro atoms. The number of carbonyl (C=O) groups excluding carboxylic acids is 1. The fourth-order valence-electron chi connectivity index (χ4n) is 3.09. The first-order valence-corrected chi connectivity index (χ1v) is 9.93. The van der Waals surface area contributed by atoms with Crippen LogP contribution >= 0.6 is 0 Å². The van der Waals surface area contributed by atoms with Crippen LogP contribution in [0, 0.1) is 11.8 Å². The summed E-state index contributed by atoms with van der Waals surface area (Å²) in [6, 6.07) is 7.72. The minimum Gasteiger partial charge on any atom is -0.396 e. The zero-order valence-electron chi connectivity index (χ0n) is 16.4. The van der Waals surface area contributed by atoms with Crippen LogP contribution < -0.4 is 10.6 Å². The van der Waals surface area contributed by atoms with Crippen molar-refractivity contribution in [3.63, 3.8) is 0 Å². The Labute approximate surface area is 174 Å². The number of hydrogen-bond donors (Lipinski definition) is 4. The first-order valence-electron chi connectivity index (χ1n) is 9.93. The number of imidazole rings is 1. The van der Waals surface area contributed by atoms with Crippen LogP contribution in [0.5, 0.6) is 0 Å². The van der Waals surface area contributed by atoms with Gasteiger partial charge in [0, 0.05) is 36.5 Å². The van der Waals surface area contributed by atoms with Crippen LogP contribution in [0.3, 0.4) is 0 Å². The smallest absolute Gasteiger partial charge is 0.251 e. The van der Waals surface area contributed by atoms with Crippen molar-refractivity contribution in [3.05, 3.63) is 47.9 Å². The normalized spacial score (nSPS) is 13.0. The highest BCUT2D eigenvalue weighted by atomic mass is 16.3. The van der Waals surface area contributed by atoms with Crippen molar-refractivity contribution in [1.82, 2.24) is 19.7 Å². The van der Waals surface area contributed by atoms with Crippen molar-refractivity contribution in [1.29, 1.82) is 0 Å². The van der Waals surface area contributed by atoms with Crippen LogP contribution in [0.25, 0.3) is 16.9 Å². The maximum atomic E-state index is 12.2. The van der Waals surface area contributed by atoms with Crippen LogP contribution in [0.1, 0.15) is 35.3 Å². The number of hydrogen-bond acceptors (Lipinski definition) is 6. The predicted octanol–water partition coefficient (Wildman–Crippen LogP) is 1.43. The molecule has 1 fully saturated rings. The van der Waals surface area contributed by atoms with Crippen molar-refractivity contribution in [2.24, 2.45) is 0 Å². The summed E-state index contributed by atoms with van der Waals surface area (Å²) >= 11 is 0. The number of nitrogens with one attached hydrogen (secondary N) is 2. The van der Waals surface area contributed by atoms with Gasteiger partial charge in [-0.05, 0) is 37.3 Å². The average Bonchev–Trinajstić information content (AvgIpc) is 3.48. The summed E-state index contributed by atoms with van der Waals surface area (Å²) in [6.07, 6.45) is 6.20. The molecule has 3 aromatic rings. The molecule has 1 saturated carbocycles. The van der Waals surface area contributed by atoms with Gasteiger partial charge in [-0.3, -0.25) is 9.20 Å². The summed E-state index contributed by atoms with van der Waals surface area (Å²) in [6.45, 7) is 0.366. The highest BCUT2D eigenvalue weighted by Crippen LogP contribution is 2.25. The summed E-state index contributed by atoms with van der Waals surface area (Å²) in [5.74, 6) is 5.95. The quantitative estimate of drug-likeness (QED) is 0.350. The third-order valence-electron chi connectivity index (χ3n) is 4.77. The van der Waals surface area contributed by atoms with E-state index >= 15 is 0 Å². The van der Waals surface area contributed by atoms with Crippen molar-refractivity contribution >= 4 is 17.4 Å². The molecule has 0 radical (unpaired) electrons. The topological polar surface area (TPSA) is 112 Å². The summed E-state index contributed by atoms with van der Waals surface area (Å²) in [4.78, 5) is 21.2. The van der Waals surface area contributed by atoms with Crippen LogP contribution in [-0.2, 0) is 0 Å². The molecule has 0 unspecified atom stereocenters. The zero-order chi connectivity index (χ0) is 20.9. The Bertz CT molecular complexity index is 1110. The Balaban J connectivity index is 1.67. The van der Waals surface area contributed by atoms with E-state index in [4.69, 9.17) is 10.2 Å². The molecule has 2 aromatic heterocycles. The molecule has 1 amide bonds. The molecule has 30 heavy (non-hydrogen) atoms. The number of aromatic nitrogens is 3. The second-order valence-electron chi connectivity index (χ2n) is 7.10. The fourth-order valence-corrected chi connectivity index (χ4v) is 3.09.